The number of benzene rings is 1. The van der Waals surface area contributed by atoms with Gasteiger partial charge in [0, 0.05) is 12.2 Å². The molecule has 0 aliphatic heterocycles. The quantitative estimate of drug-likeness (QED) is 0.560. The standard InChI is InChI=1S/C14H24NO4P/c1-4-18-20(16,5-2)19-11-17-14-8-6-13(7-9-14)10-12(3)15/h6-9,12H,4-5,10-11,15H2,1-3H3/t12-,20?/m1/s1. The van der Waals surface area contributed by atoms with Crippen LogP contribution in [0.15, 0.2) is 24.3 Å². The Morgan fingerprint density at radius 1 is 1.20 bits per heavy atom. The van der Waals surface area contributed by atoms with Crippen LogP contribution in [0.2, 0.25) is 0 Å². The Kier molecular flexibility index (Phi) is 7.24. The average molecular weight is 301 g/mol. The lowest BCUT2D eigenvalue weighted by molar-refractivity contribution is 0.0955. The molecule has 0 heterocycles. The van der Waals surface area contributed by atoms with Gasteiger partial charge in [-0.2, -0.15) is 0 Å². The first-order chi connectivity index (χ1) is 9.49. The molecule has 1 unspecified atom stereocenters. The van der Waals surface area contributed by atoms with Crippen molar-refractivity contribution in [2.45, 2.75) is 33.2 Å². The molecule has 1 aromatic rings. The van der Waals surface area contributed by atoms with Gasteiger partial charge < -0.3 is 15.0 Å². The third kappa shape index (κ3) is 6.06. The van der Waals surface area contributed by atoms with Crippen LogP contribution in [-0.2, 0) is 20.0 Å². The highest BCUT2D eigenvalue weighted by Crippen LogP contribution is 2.47. The Labute approximate surface area is 120 Å². The maximum atomic E-state index is 12.0. The maximum absolute atomic E-state index is 12.0. The first-order valence-corrected chi connectivity index (χ1v) is 8.57. The Morgan fingerprint density at radius 2 is 1.85 bits per heavy atom. The summed E-state index contributed by atoms with van der Waals surface area (Å²) >= 11 is 0. The van der Waals surface area contributed by atoms with Gasteiger partial charge in [0.2, 0.25) is 0 Å². The van der Waals surface area contributed by atoms with Crippen LogP contribution in [0.3, 0.4) is 0 Å². The van der Waals surface area contributed by atoms with Gasteiger partial charge in [-0.15, -0.1) is 0 Å². The molecular weight excluding hydrogens is 277 g/mol. The van der Waals surface area contributed by atoms with Crippen molar-refractivity contribution in [2.24, 2.45) is 5.73 Å². The molecule has 0 saturated carbocycles. The van der Waals surface area contributed by atoms with Crippen LogP contribution in [0.4, 0.5) is 0 Å². The van der Waals surface area contributed by atoms with E-state index in [1.54, 1.807) is 13.8 Å². The Hall–Kier alpha value is -0.870. The van der Waals surface area contributed by atoms with E-state index >= 15 is 0 Å². The molecule has 20 heavy (non-hydrogen) atoms. The lowest BCUT2D eigenvalue weighted by atomic mass is 10.1. The molecule has 0 amide bonds. The van der Waals surface area contributed by atoms with Crippen LogP contribution >= 0.6 is 7.60 Å². The lowest BCUT2D eigenvalue weighted by Crippen LogP contribution is -2.17. The summed E-state index contributed by atoms with van der Waals surface area (Å²) in [5.74, 6) is 0.664. The van der Waals surface area contributed by atoms with Crippen LogP contribution in [0, 0.1) is 0 Å². The molecule has 0 spiro atoms. The molecule has 2 atom stereocenters. The molecule has 5 nitrogen and oxygen atoms in total. The second-order valence-electron chi connectivity index (χ2n) is 4.56. The third-order valence-electron chi connectivity index (χ3n) is 2.67. The van der Waals surface area contributed by atoms with Gasteiger partial charge in [0.15, 0.2) is 6.79 Å². The van der Waals surface area contributed by atoms with Crippen LogP contribution in [0.5, 0.6) is 5.75 Å². The SMILES string of the molecule is CCOP(=O)(CC)OCOc1ccc(C[C@@H](C)N)cc1. The zero-order chi connectivity index (χ0) is 15.0. The van der Waals surface area contributed by atoms with Gasteiger partial charge in [0.1, 0.15) is 5.75 Å². The zero-order valence-electron chi connectivity index (χ0n) is 12.4. The lowest BCUT2D eigenvalue weighted by Gasteiger charge is -2.16. The van der Waals surface area contributed by atoms with Crippen molar-refractivity contribution in [1.29, 1.82) is 0 Å². The normalized spacial score (nSPS) is 15.6. The van der Waals surface area contributed by atoms with Gasteiger partial charge in [-0.25, -0.2) is 0 Å². The van der Waals surface area contributed by atoms with Crippen LogP contribution in [0.25, 0.3) is 0 Å². The van der Waals surface area contributed by atoms with Crippen LogP contribution in [0.1, 0.15) is 26.3 Å². The van der Waals surface area contributed by atoms with E-state index in [-0.39, 0.29) is 12.8 Å². The smallest absolute Gasteiger partial charge is 0.333 e. The molecular formula is C14H24NO4P. The van der Waals surface area contributed by atoms with Crippen molar-refractivity contribution in [3.8, 4) is 5.75 Å². The predicted octanol–water partition coefficient (Wildman–Crippen LogP) is 3.18. The molecule has 0 fully saturated rings. The summed E-state index contributed by atoms with van der Waals surface area (Å²) < 4.78 is 27.7. The zero-order valence-corrected chi connectivity index (χ0v) is 13.3. The molecule has 0 bridgehead atoms. The number of nitrogens with two attached hydrogens (primary N) is 1. The highest BCUT2D eigenvalue weighted by Gasteiger charge is 2.21. The second kappa shape index (κ2) is 8.42. The summed E-state index contributed by atoms with van der Waals surface area (Å²) in [7, 11) is -3.01. The summed E-state index contributed by atoms with van der Waals surface area (Å²) in [6.07, 6.45) is 1.16. The van der Waals surface area contributed by atoms with Crippen molar-refractivity contribution < 1.29 is 18.3 Å². The summed E-state index contributed by atoms with van der Waals surface area (Å²) in [4.78, 5) is 0. The van der Waals surface area contributed by atoms with Crippen molar-refractivity contribution in [1.82, 2.24) is 0 Å². The van der Waals surface area contributed by atoms with E-state index in [9.17, 15) is 4.57 Å². The molecule has 0 radical (unpaired) electrons. The summed E-state index contributed by atoms with van der Waals surface area (Å²) in [6.45, 7) is 5.78. The molecule has 6 heteroatoms. The van der Waals surface area contributed by atoms with Gasteiger partial charge >= 0.3 is 7.60 Å². The molecule has 0 aromatic heterocycles. The summed E-state index contributed by atoms with van der Waals surface area (Å²) in [5, 5.41) is 0. The molecule has 1 rings (SSSR count). The fourth-order valence-corrected chi connectivity index (χ4v) is 2.73. The molecule has 0 saturated heterocycles. The molecule has 1 aromatic carbocycles. The minimum Gasteiger partial charge on any atom is -0.467 e. The monoisotopic (exact) mass is 301 g/mol. The average Bonchev–Trinajstić information content (AvgIpc) is 2.40. The Bertz CT molecular complexity index is 433. The van der Waals surface area contributed by atoms with Crippen molar-refractivity contribution in [3.05, 3.63) is 29.8 Å². The summed E-state index contributed by atoms with van der Waals surface area (Å²) in [5.41, 5.74) is 6.89. The first-order valence-electron chi connectivity index (χ1n) is 6.84. The second-order valence-corrected chi connectivity index (χ2v) is 6.93. The van der Waals surface area contributed by atoms with E-state index in [4.69, 9.17) is 19.5 Å². The fraction of sp³-hybridized carbons (Fsp3) is 0.571. The highest BCUT2D eigenvalue weighted by molar-refractivity contribution is 7.53. The largest absolute Gasteiger partial charge is 0.467 e. The minimum absolute atomic E-state index is 0.0856. The van der Waals surface area contributed by atoms with Gasteiger partial charge in [-0.3, -0.25) is 9.09 Å². The number of hydrogen-bond acceptors (Lipinski definition) is 5. The topological polar surface area (TPSA) is 70.8 Å². The van der Waals surface area contributed by atoms with Crippen molar-refractivity contribution >= 4 is 7.60 Å². The highest BCUT2D eigenvalue weighted by atomic mass is 31.2. The van der Waals surface area contributed by atoms with E-state index in [0.29, 0.717) is 18.5 Å². The van der Waals surface area contributed by atoms with Crippen molar-refractivity contribution in [2.75, 3.05) is 19.6 Å². The van der Waals surface area contributed by atoms with Gasteiger partial charge in [-0.05, 0) is 38.0 Å². The Balaban J connectivity index is 2.44. The molecule has 0 aliphatic rings. The third-order valence-corrected chi connectivity index (χ3v) is 4.59. The summed E-state index contributed by atoms with van der Waals surface area (Å²) in [6, 6.07) is 7.74. The van der Waals surface area contributed by atoms with Gasteiger partial charge in [0.25, 0.3) is 0 Å². The van der Waals surface area contributed by atoms with E-state index in [0.717, 1.165) is 12.0 Å². The first kappa shape index (κ1) is 17.2. The van der Waals surface area contributed by atoms with Crippen LogP contribution in [-0.4, -0.2) is 25.6 Å². The van der Waals surface area contributed by atoms with E-state index < -0.39 is 7.60 Å². The molecule has 2 N–H and O–H groups in total. The van der Waals surface area contributed by atoms with E-state index in [1.807, 2.05) is 31.2 Å². The number of hydrogen-bond donors (Lipinski definition) is 1. The number of rotatable bonds is 9. The minimum atomic E-state index is -3.01. The number of ether oxygens (including phenoxy) is 1. The predicted molar refractivity (Wildman–Crippen MR) is 80.1 cm³/mol. The van der Waals surface area contributed by atoms with Crippen molar-refractivity contribution in [3.63, 3.8) is 0 Å². The van der Waals surface area contributed by atoms with E-state index in [2.05, 4.69) is 0 Å². The van der Waals surface area contributed by atoms with E-state index in [1.165, 1.54) is 0 Å². The maximum Gasteiger partial charge on any atom is 0.333 e. The molecule has 0 aliphatic carbocycles. The fourth-order valence-electron chi connectivity index (χ4n) is 1.68. The van der Waals surface area contributed by atoms with Crippen LogP contribution < -0.4 is 10.5 Å². The van der Waals surface area contributed by atoms with Gasteiger partial charge in [-0.1, -0.05) is 19.1 Å². The molecule has 114 valence electrons. The van der Waals surface area contributed by atoms with Gasteiger partial charge in [0.05, 0.1) is 6.61 Å². The Morgan fingerprint density at radius 3 is 2.35 bits per heavy atom.